The lowest BCUT2D eigenvalue weighted by Gasteiger charge is -2.51. The van der Waals surface area contributed by atoms with Crippen LogP contribution in [0, 0.1) is 35.5 Å². The first-order chi connectivity index (χ1) is 32.9. The average molecular weight is 1010 g/mol. The van der Waals surface area contributed by atoms with Gasteiger partial charge in [-0.25, -0.2) is 8.42 Å². The molecule has 5 fully saturated rings. The molecule has 0 bridgehead atoms. The number of methoxy groups -OCH3 is 1. The molecule has 1 aromatic rings. The van der Waals surface area contributed by atoms with Crippen molar-refractivity contribution >= 4 is 24.1 Å². The normalized spacial score (nSPS) is 35.7. The fourth-order valence-electron chi connectivity index (χ4n) is 11.4. The quantitative estimate of drug-likeness (QED) is 0.0716. The highest BCUT2D eigenvalue weighted by Crippen LogP contribution is 2.45. The number of carbonyl (C=O) groups excluding carboxylic acids is 1. The van der Waals surface area contributed by atoms with Crippen LogP contribution in [-0.2, 0) is 47.5 Å². The number of aliphatic hydroxyl groups is 1. The fraction of sp³-hybridized carbons (Fsp3) is 0.772. The van der Waals surface area contributed by atoms with Crippen molar-refractivity contribution < 1.29 is 51.2 Å². The van der Waals surface area contributed by atoms with Crippen LogP contribution in [0.3, 0.4) is 0 Å². The molecule has 396 valence electrons. The largest absolute Gasteiger partial charge is 0.469 e. The number of ether oxygens (including phenoxy) is 6. The molecule has 13 heteroatoms. The van der Waals surface area contributed by atoms with E-state index < -0.39 is 24.3 Å². The van der Waals surface area contributed by atoms with Gasteiger partial charge in [-0.3, -0.25) is 4.79 Å². The second kappa shape index (κ2) is 24.4. The van der Waals surface area contributed by atoms with Crippen LogP contribution in [0.15, 0.2) is 71.7 Å². The summed E-state index contributed by atoms with van der Waals surface area (Å²) in [7, 11) is -4.35. The first-order valence-corrected chi connectivity index (χ1v) is 31.5. The Morgan fingerprint density at radius 2 is 1.59 bits per heavy atom. The summed E-state index contributed by atoms with van der Waals surface area (Å²) in [6, 6.07) is 8.80. The average Bonchev–Trinajstić information content (AvgIpc) is 3.81. The van der Waals surface area contributed by atoms with Crippen molar-refractivity contribution in [3.05, 3.63) is 66.8 Å². The monoisotopic (exact) mass is 1010 g/mol. The molecule has 0 amide bonds. The molecule has 5 heterocycles. The van der Waals surface area contributed by atoms with Crippen LogP contribution in [0.1, 0.15) is 139 Å². The van der Waals surface area contributed by atoms with Crippen LogP contribution in [0.2, 0.25) is 18.1 Å². The highest BCUT2D eigenvalue weighted by Gasteiger charge is 2.50. The molecule has 70 heavy (non-hydrogen) atoms. The van der Waals surface area contributed by atoms with Crippen LogP contribution >= 0.6 is 0 Å². The number of carbonyl (C=O) groups is 1. The summed E-state index contributed by atoms with van der Waals surface area (Å²) >= 11 is 0. The number of esters is 1. The Kier molecular flexibility index (Phi) is 19.9. The van der Waals surface area contributed by atoms with Gasteiger partial charge in [0.25, 0.3) is 0 Å². The number of fused-ring (bicyclic) bond motifs is 1. The maximum Gasteiger partial charge on any atom is 0.308 e. The molecule has 0 saturated carbocycles. The molecule has 18 atom stereocenters. The minimum absolute atomic E-state index is 0.00364. The lowest BCUT2D eigenvalue weighted by Crippen LogP contribution is -2.58. The molecule has 0 aromatic heterocycles. The van der Waals surface area contributed by atoms with Crippen LogP contribution < -0.4 is 0 Å². The van der Waals surface area contributed by atoms with Crippen LogP contribution in [0.4, 0.5) is 0 Å². The zero-order chi connectivity index (χ0) is 51.3. The number of rotatable bonds is 21. The molecule has 1 N–H and O–H groups in total. The number of benzene rings is 1. The number of hydrogen-bond acceptors (Lipinski definition) is 11. The molecular formula is C57H92O11SSi. The van der Waals surface area contributed by atoms with Gasteiger partial charge in [0.15, 0.2) is 18.2 Å². The molecule has 11 nitrogen and oxygen atoms in total. The van der Waals surface area contributed by atoms with Gasteiger partial charge < -0.3 is 38.0 Å². The summed E-state index contributed by atoms with van der Waals surface area (Å²) in [6.45, 7) is 33.4. The van der Waals surface area contributed by atoms with E-state index in [-0.39, 0.29) is 120 Å². The van der Waals surface area contributed by atoms with Crippen LogP contribution in [-0.4, -0.2) is 114 Å². The Morgan fingerprint density at radius 3 is 2.26 bits per heavy atom. The van der Waals surface area contributed by atoms with Crippen molar-refractivity contribution in [2.24, 2.45) is 35.5 Å². The Hall–Kier alpha value is -2.20. The highest BCUT2D eigenvalue weighted by atomic mass is 32.2. The van der Waals surface area contributed by atoms with E-state index in [1.165, 1.54) is 7.11 Å². The number of aliphatic hydroxyl groups excluding tert-OH is 1. The minimum atomic E-state index is -3.52. The van der Waals surface area contributed by atoms with Crippen molar-refractivity contribution in [3.8, 4) is 0 Å². The molecule has 0 aliphatic carbocycles. The summed E-state index contributed by atoms with van der Waals surface area (Å²) in [6.07, 6.45) is 10.6. The van der Waals surface area contributed by atoms with Gasteiger partial charge in [-0.05, 0) is 129 Å². The molecule has 6 rings (SSSR count). The molecule has 5 aliphatic heterocycles. The van der Waals surface area contributed by atoms with Gasteiger partial charge >= 0.3 is 5.97 Å². The van der Waals surface area contributed by atoms with E-state index in [0.717, 1.165) is 62.5 Å². The zero-order valence-electron chi connectivity index (χ0n) is 45.0. The predicted molar refractivity (Wildman–Crippen MR) is 280 cm³/mol. The molecule has 5 saturated heterocycles. The lowest BCUT2D eigenvalue weighted by atomic mass is 9.77. The Balaban J connectivity index is 1.03. The third kappa shape index (κ3) is 14.3. The summed E-state index contributed by atoms with van der Waals surface area (Å²) in [5, 5.41) is 11.4. The van der Waals surface area contributed by atoms with E-state index in [2.05, 4.69) is 88.6 Å². The third-order valence-corrected chi connectivity index (χ3v) is 23.9. The van der Waals surface area contributed by atoms with E-state index >= 15 is 0 Å². The van der Waals surface area contributed by atoms with Crippen molar-refractivity contribution in [1.82, 2.24) is 0 Å². The van der Waals surface area contributed by atoms with E-state index in [1.54, 1.807) is 24.3 Å². The predicted octanol–water partition coefficient (Wildman–Crippen LogP) is 11.4. The van der Waals surface area contributed by atoms with Crippen molar-refractivity contribution in [3.63, 3.8) is 0 Å². The van der Waals surface area contributed by atoms with Gasteiger partial charge in [-0.2, -0.15) is 0 Å². The maximum absolute atomic E-state index is 13.8. The standard InChI is InChI=1S/C57H92O11SSi/c1-15-35(2)29-51-41(8)47(34-69(60,61)46-19-17-16-18-20-46)53(66-51)33-52-38(5)36(3)30-44(64-52)24-27-48-37(4)31-43(63-48)23-21-42(58)22-26-50(68-70(13,14)57(9,10)11)56-40(7)39(6)55-49(67-56)28-25-45(65-55)32-54(59)62-12/h16-20,22,26,35-36,39-45,47-53,55-56,58H,4-5,15,21,23-25,27-34H2,1-3,6-14H3/b26-22+/t35-,36-,39-,40+,41-,42?,43+,44?,45?,47-,48?,49?,50+,51-,52-,53?,55?,56-/m1/s1. The second-order valence-electron chi connectivity index (χ2n) is 23.8. The van der Waals surface area contributed by atoms with E-state index in [0.29, 0.717) is 30.1 Å². The zero-order valence-corrected chi connectivity index (χ0v) is 46.8. The highest BCUT2D eigenvalue weighted by molar-refractivity contribution is 7.91. The molecule has 0 spiro atoms. The maximum atomic E-state index is 13.8. The molecule has 0 radical (unpaired) electrons. The summed E-state index contributed by atoms with van der Waals surface area (Å²) < 4.78 is 73.3. The van der Waals surface area contributed by atoms with E-state index in [4.69, 9.17) is 32.8 Å². The Morgan fingerprint density at radius 1 is 0.886 bits per heavy atom. The third-order valence-electron chi connectivity index (χ3n) is 17.6. The SMILES string of the molecule is C=C1C[C@H](CCC(O)/C=C/[C@H](O[Si](C)(C)C(C)(C)C)[C@@H]2OC3CCC(CC(=O)OC)OC3[C@H](C)[C@@H]2C)OC1CCC1C[C@@H](C)C(=C)[C@@H](CC2O[C@H](C[C@H](C)CC)[C@H](C)[C@H]2CS(=O)(=O)c2ccccc2)O1. The van der Waals surface area contributed by atoms with E-state index in [9.17, 15) is 18.3 Å². The molecule has 1 aromatic carbocycles. The van der Waals surface area contributed by atoms with Gasteiger partial charge in [-0.1, -0.05) is 112 Å². The van der Waals surface area contributed by atoms with Crippen molar-refractivity contribution in [2.75, 3.05) is 12.9 Å². The van der Waals surface area contributed by atoms with Gasteiger partial charge in [0.05, 0.1) is 97.4 Å². The van der Waals surface area contributed by atoms with Gasteiger partial charge in [-0.15, -0.1) is 0 Å². The summed E-state index contributed by atoms with van der Waals surface area (Å²) in [5.74, 6) is 0.763. The van der Waals surface area contributed by atoms with E-state index in [1.807, 2.05) is 18.2 Å². The lowest BCUT2D eigenvalue weighted by molar-refractivity contribution is -0.238. The second-order valence-corrected chi connectivity index (χ2v) is 30.6. The Bertz CT molecular complexity index is 2020. The molecular weight excluding hydrogens is 921 g/mol. The van der Waals surface area contributed by atoms with Gasteiger partial charge in [0.2, 0.25) is 0 Å². The summed E-state index contributed by atoms with van der Waals surface area (Å²) in [4.78, 5) is 12.4. The summed E-state index contributed by atoms with van der Waals surface area (Å²) in [5.41, 5.74) is 2.15. The molecule has 5 aliphatic rings. The number of sulfone groups is 1. The van der Waals surface area contributed by atoms with Gasteiger partial charge in [0, 0.05) is 12.3 Å². The molecule has 7 unspecified atom stereocenters. The Labute approximate surface area is 424 Å². The first kappa shape index (κ1) is 57.1. The van der Waals surface area contributed by atoms with Crippen molar-refractivity contribution in [2.45, 2.75) is 236 Å². The van der Waals surface area contributed by atoms with Crippen LogP contribution in [0.25, 0.3) is 0 Å². The van der Waals surface area contributed by atoms with Crippen molar-refractivity contribution in [1.29, 1.82) is 0 Å². The number of hydrogen-bond donors (Lipinski definition) is 1. The fourth-order valence-corrected chi connectivity index (χ4v) is 14.5. The first-order valence-electron chi connectivity index (χ1n) is 26.9. The van der Waals surface area contributed by atoms with Crippen LogP contribution in [0.5, 0.6) is 0 Å². The smallest absolute Gasteiger partial charge is 0.308 e. The van der Waals surface area contributed by atoms with Gasteiger partial charge in [0.1, 0.15) is 0 Å². The topological polar surface area (TPSA) is 136 Å². The minimum Gasteiger partial charge on any atom is -0.469 e.